The Balaban J connectivity index is 2.06. The smallest absolute Gasteiger partial charge is 0.142 e. The summed E-state index contributed by atoms with van der Waals surface area (Å²) in [7, 11) is 0. The van der Waals surface area contributed by atoms with E-state index in [1.165, 1.54) is 11.3 Å². The fraction of sp³-hybridized carbons (Fsp3) is 0.0667. The van der Waals surface area contributed by atoms with Gasteiger partial charge in [-0.1, -0.05) is 18.2 Å². The van der Waals surface area contributed by atoms with E-state index in [1.807, 2.05) is 36.6 Å². The zero-order chi connectivity index (χ0) is 13.2. The SMILES string of the molecule is Cc1cccnc1-c1nc(-c2ccccc2O)cs1. The number of aryl methyl sites for hydroxylation is 1. The number of rotatable bonds is 2. The Hall–Kier alpha value is -2.20. The van der Waals surface area contributed by atoms with E-state index in [2.05, 4.69) is 9.97 Å². The van der Waals surface area contributed by atoms with Gasteiger partial charge < -0.3 is 5.11 Å². The number of phenolic OH excluding ortho intramolecular Hbond substituents is 1. The Bertz CT molecular complexity index is 661. The Morgan fingerprint density at radius 1 is 1.11 bits per heavy atom. The van der Waals surface area contributed by atoms with Crippen LogP contribution in [0.15, 0.2) is 48.0 Å². The van der Waals surface area contributed by atoms with E-state index in [1.54, 1.807) is 18.3 Å². The highest BCUT2D eigenvalue weighted by Crippen LogP contribution is 2.33. The molecule has 0 saturated carbocycles. The van der Waals surface area contributed by atoms with Crippen LogP contribution in [0.2, 0.25) is 0 Å². The van der Waals surface area contributed by atoms with Gasteiger partial charge in [0.05, 0.1) is 5.69 Å². The fourth-order valence-corrected chi connectivity index (χ4v) is 2.79. The van der Waals surface area contributed by atoms with E-state index in [4.69, 9.17) is 0 Å². The van der Waals surface area contributed by atoms with E-state index in [0.717, 1.165) is 27.5 Å². The molecule has 0 saturated heterocycles. The van der Waals surface area contributed by atoms with Crippen molar-refractivity contribution in [3.05, 3.63) is 53.5 Å². The summed E-state index contributed by atoms with van der Waals surface area (Å²) >= 11 is 1.54. The van der Waals surface area contributed by atoms with Gasteiger partial charge in [0, 0.05) is 17.1 Å². The predicted octanol–water partition coefficient (Wildman–Crippen LogP) is 3.89. The van der Waals surface area contributed by atoms with Crippen molar-refractivity contribution in [2.45, 2.75) is 6.92 Å². The van der Waals surface area contributed by atoms with Crippen LogP contribution >= 0.6 is 11.3 Å². The molecule has 1 aromatic carbocycles. The van der Waals surface area contributed by atoms with Crippen LogP contribution in [0.1, 0.15) is 5.56 Å². The second-order valence-corrected chi connectivity index (χ2v) is 5.08. The maximum atomic E-state index is 9.85. The van der Waals surface area contributed by atoms with Crippen molar-refractivity contribution in [1.82, 2.24) is 9.97 Å². The first-order valence-electron chi connectivity index (χ1n) is 5.91. The van der Waals surface area contributed by atoms with Crippen LogP contribution in [0.25, 0.3) is 22.0 Å². The topological polar surface area (TPSA) is 46.0 Å². The van der Waals surface area contributed by atoms with Crippen LogP contribution in [0.3, 0.4) is 0 Å². The number of phenols is 1. The Morgan fingerprint density at radius 3 is 2.74 bits per heavy atom. The van der Waals surface area contributed by atoms with Crippen molar-refractivity contribution in [2.75, 3.05) is 0 Å². The summed E-state index contributed by atoms with van der Waals surface area (Å²) in [5, 5.41) is 12.7. The lowest BCUT2D eigenvalue weighted by atomic mass is 10.1. The highest BCUT2D eigenvalue weighted by molar-refractivity contribution is 7.13. The number of nitrogens with zero attached hydrogens (tertiary/aromatic N) is 2. The van der Waals surface area contributed by atoms with Crippen LogP contribution < -0.4 is 0 Å². The molecule has 0 aliphatic heterocycles. The molecular formula is C15H12N2OS. The van der Waals surface area contributed by atoms with Gasteiger partial charge in [0.2, 0.25) is 0 Å². The second-order valence-electron chi connectivity index (χ2n) is 4.22. The van der Waals surface area contributed by atoms with Crippen molar-refractivity contribution in [3.63, 3.8) is 0 Å². The van der Waals surface area contributed by atoms with Gasteiger partial charge in [-0.05, 0) is 30.7 Å². The molecule has 94 valence electrons. The number of aromatic hydroxyl groups is 1. The third-order valence-electron chi connectivity index (χ3n) is 2.90. The van der Waals surface area contributed by atoms with Crippen molar-refractivity contribution in [1.29, 1.82) is 0 Å². The summed E-state index contributed by atoms with van der Waals surface area (Å²) in [4.78, 5) is 8.93. The first-order chi connectivity index (χ1) is 9.25. The first kappa shape index (κ1) is 11.9. The van der Waals surface area contributed by atoms with Crippen LogP contribution in [0, 0.1) is 6.92 Å². The van der Waals surface area contributed by atoms with E-state index in [0.29, 0.717) is 0 Å². The minimum atomic E-state index is 0.247. The molecule has 4 heteroatoms. The van der Waals surface area contributed by atoms with Crippen LogP contribution in [0.4, 0.5) is 0 Å². The molecule has 0 amide bonds. The quantitative estimate of drug-likeness (QED) is 0.767. The van der Waals surface area contributed by atoms with Crippen LogP contribution in [-0.4, -0.2) is 15.1 Å². The average molecular weight is 268 g/mol. The lowest BCUT2D eigenvalue weighted by Gasteiger charge is -2.01. The minimum absolute atomic E-state index is 0.247. The van der Waals surface area contributed by atoms with Crippen LogP contribution in [0.5, 0.6) is 5.75 Å². The summed E-state index contributed by atoms with van der Waals surface area (Å²) in [5.74, 6) is 0.247. The summed E-state index contributed by atoms with van der Waals surface area (Å²) in [6.07, 6.45) is 1.77. The minimum Gasteiger partial charge on any atom is -0.507 e. The van der Waals surface area contributed by atoms with Crippen molar-refractivity contribution in [3.8, 4) is 27.7 Å². The average Bonchev–Trinajstić information content (AvgIpc) is 2.89. The lowest BCUT2D eigenvalue weighted by molar-refractivity contribution is 0.477. The lowest BCUT2D eigenvalue weighted by Crippen LogP contribution is -1.86. The maximum absolute atomic E-state index is 9.85. The number of aromatic nitrogens is 2. The van der Waals surface area contributed by atoms with Gasteiger partial charge in [-0.15, -0.1) is 11.3 Å². The molecule has 3 aromatic rings. The molecule has 0 bridgehead atoms. The maximum Gasteiger partial charge on any atom is 0.142 e. The molecule has 19 heavy (non-hydrogen) atoms. The molecule has 0 spiro atoms. The van der Waals surface area contributed by atoms with Gasteiger partial charge in [0.15, 0.2) is 0 Å². The third-order valence-corrected chi connectivity index (χ3v) is 3.75. The summed E-state index contributed by atoms with van der Waals surface area (Å²) < 4.78 is 0. The molecule has 0 fully saturated rings. The number of hydrogen-bond acceptors (Lipinski definition) is 4. The summed E-state index contributed by atoms with van der Waals surface area (Å²) in [6.45, 7) is 2.02. The standard InChI is InChI=1S/C15H12N2OS/c1-10-5-4-8-16-14(10)15-17-12(9-19-15)11-6-2-3-7-13(11)18/h2-9,18H,1H3. The predicted molar refractivity (Wildman–Crippen MR) is 77.2 cm³/mol. The molecule has 2 aromatic heterocycles. The van der Waals surface area contributed by atoms with E-state index in [9.17, 15) is 5.11 Å². The largest absolute Gasteiger partial charge is 0.507 e. The highest BCUT2D eigenvalue weighted by atomic mass is 32.1. The number of pyridine rings is 1. The van der Waals surface area contributed by atoms with Gasteiger partial charge in [-0.3, -0.25) is 4.98 Å². The molecule has 0 atom stereocenters. The summed E-state index contributed by atoms with van der Waals surface area (Å²) in [6, 6.07) is 11.1. The first-order valence-corrected chi connectivity index (χ1v) is 6.79. The molecule has 0 aliphatic rings. The Kier molecular flexibility index (Phi) is 3.01. The molecule has 3 nitrogen and oxygen atoms in total. The summed E-state index contributed by atoms with van der Waals surface area (Å²) in [5.41, 5.74) is 3.52. The van der Waals surface area contributed by atoms with Gasteiger partial charge in [0.1, 0.15) is 16.5 Å². The van der Waals surface area contributed by atoms with Gasteiger partial charge in [-0.2, -0.15) is 0 Å². The zero-order valence-corrected chi connectivity index (χ0v) is 11.2. The van der Waals surface area contributed by atoms with E-state index < -0.39 is 0 Å². The zero-order valence-electron chi connectivity index (χ0n) is 10.4. The normalized spacial score (nSPS) is 10.6. The van der Waals surface area contributed by atoms with E-state index >= 15 is 0 Å². The number of thiazole rings is 1. The van der Waals surface area contributed by atoms with Gasteiger partial charge in [-0.25, -0.2) is 4.98 Å². The third kappa shape index (κ3) is 2.22. The van der Waals surface area contributed by atoms with E-state index in [-0.39, 0.29) is 5.75 Å². The number of benzene rings is 1. The number of hydrogen-bond donors (Lipinski definition) is 1. The monoisotopic (exact) mass is 268 g/mol. The van der Waals surface area contributed by atoms with Crippen molar-refractivity contribution < 1.29 is 5.11 Å². The highest BCUT2D eigenvalue weighted by Gasteiger charge is 2.11. The van der Waals surface area contributed by atoms with Gasteiger partial charge in [0.25, 0.3) is 0 Å². The van der Waals surface area contributed by atoms with Gasteiger partial charge >= 0.3 is 0 Å². The molecule has 2 heterocycles. The molecule has 1 N–H and O–H groups in total. The number of para-hydroxylation sites is 1. The van der Waals surface area contributed by atoms with Crippen molar-refractivity contribution >= 4 is 11.3 Å². The molecule has 0 unspecified atom stereocenters. The van der Waals surface area contributed by atoms with Crippen LogP contribution in [-0.2, 0) is 0 Å². The Labute approximate surface area is 115 Å². The Morgan fingerprint density at radius 2 is 1.95 bits per heavy atom. The fourth-order valence-electron chi connectivity index (χ4n) is 1.91. The molecular weight excluding hydrogens is 256 g/mol. The molecule has 0 aliphatic carbocycles. The molecule has 3 rings (SSSR count). The molecule has 0 radical (unpaired) electrons. The van der Waals surface area contributed by atoms with Crippen molar-refractivity contribution in [2.24, 2.45) is 0 Å². The second kappa shape index (κ2) is 4.82.